The third-order valence-corrected chi connectivity index (χ3v) is 4.56. The van der Waals surface area contributed by atoms with Gasteiger partial charge in [0.1, 0.15) is 0 Å². The van der Waals surface area contributed by atoms with Gasteiger partial charge in [0.25, 0.3) is 0 Å². The van der Waals surface area contributed by atoms with Gasteiger partial charge in [0.2, 0.25) is 5.91 Å². The molecule has 1 aromatic carbocycles. The molecule has 1 heterocycles. The fraction of sp³-hybridized carbons (Fsp3) is 0.588. The number of carbonyl (C=O) groups excluding carboxylic acids is 1. The average Bonchev–Trinajstić information content (AvgIpc) is 2.43. The van der Waals surface area contributed by atoms with E-state index in [-0.39, 0.29) is 11.9 Å². The summed E-state index contributed by atoms with van der Waals surface area (Å²) in [6, 6.07) is 6.53. The van der Waals surface area contributed by atoms with Gasteiger partial charge in [-0.1, -0.05) is 18.2 Å². The zero-order valence-corrected chi connectivity index (χ0v) is 12.9. The lowest BCUT2D eigenvalue weighted by molar-refractivity contribution is -0.131. The normalized spacial score (nSPS) is 18.1. The molecule has 1 atom stereocenters. The Labute approximate surface area is 122 Å². The van der Waals surface area contributed by atoms with E-state index in [4.69, 9.17) is 5.73 Å². The molecule has 0 bridgehead atoms. The van der Waals surface area contributed by atoms with Gasteiger partial charge in [-0.25, -0.2) is 0 Å². The monoisotopic (exact) mass is 274 g/mol. The molecule has 1 aliphatic heterocycles. The number of piperidine rings is 1. The fourth-order valence-electron chi connectivity index (χ4n) is 2.87. The molecule has 1 aromatic rings. The Morgan fingerprint density at radius 1 is 1.30 bits per heavy atom. The highest BCUT2D eigenvalue weighted by Gasteiger charge is 2.24. The Hall–Kier alpha value is -1.35. The summed E-state index contributed by atoms with van der Waals surface area (Å²) in [6.07, 6.45) is 2.59. The van der Waals surface area contributed by atoms with Crippen molar-refractivity contribution in [3.63, 3.8) is 0 Å². The lowest BCUT2D eigenvalue weighted by Crippen LogP contribution is -2.43. The van der Waals surface area contributed by atoms with Crippen LogP contribution in [0.4, 0.5) is 0 Å². The first-order chi connectivity index (χ1) is 9.47. The van der Waals surface area contributed by atoms with Crippen LogP contribution in [0.2, 0.25) is 0 Å². The van der Waals surface area contributed by atoms with E-state index in [9.17, 15) is 4.79 Å². The fourth-order valence-corrected chi connectivity index (χ4v) is 2.87. The molecule has 1 unspecified atom stereocenters. The number of amides is 1. The topological polar surface area (TPSA) is 46.3 Å². The van der Waals surface area contributed by atoms with Crippen LogP contribution in [-0.4, -0.2) is 29.9 Å². The summed E-state index contributed by atoms with van der Waals surface area (Å²) in [7, 11) is 0. The van der Waals surface area contributed by atoms with Crippen LogP contribution in [0.5, 0.6) is 0 Å². The maximum absolute atomic E-state index is 12.3. The summed E-state index contributed by atoms with van der Waals surface area (Å²) in [5.74, 6) is 0.817. The molecule has 0 radical (unpaired) electrons. The number of likely N-dealkylation sites (tertiary alicyclic amines) is 1. The van der Waals surface area contributed by atoms with Gasteiger partial charge >= 0.3 is 0 Å². The van der Waals surface area contributed by atoms with Gasteiger partial charge in [0.15, 0.2) is 0 Å². The molecule has 20 heavy (non-hydrogen) atoms. The molecule has 3 heteroatoms. The number of aryl methyl sites for hydroxylation is 2. The van der Waals surface area contributed by atoms with E-state index < -0.39 is 0 Å². The molecule has 1 amide bonds. The quantitative estimate of drug-likeness (QED) is 0.920. The number of rotatable bonds is 3. The van der Waals surface area contributed by atoms with Crippen LogP contribution >= 0.6 is 0 Å². The minimum Gasteiger partial charge on any atom is -0.342 e. The highest BCUT2D eigenvalue weighted by Crippen LogP contribution is 2.20. The Balaban J connectivity index is 1.91. The van der Waals surface area contributed by atoms with Crippen molar-refractivity contribution in [2.24, 2.45) is 11.7 Å². The van der Waals surface area contributed by atoms with Gasteiger partial charge in [-0.3, -0.25) is 4.79 Å². The number of nitrogens with two attached hydrogens (primary N) is 1. The summed E-state index contributed by atoms with van der Waals surface area (Å²) in [5.41, 5.74) is 9.59. The summed E-state index contributed by atoms with van der Waals surface area (Å²) in [6.45, 7) is 7.97. The summed E-state index contributed by atoms with van der Waals surface area (Å²) in [4.78, 5) is 14.3. The standard InChI is InChI=1S/C17H26N2O/c1-12-4-5-15(10-13(12)2)11-17(20)19-8-6-16(7-9-19)14(3)18/h4-5,10,14,16H,6-9,11,18H2,1-3H3. The highest BCUT2D eigenvalue weighted by molar-refractivity contribution is 5.79. The molecule has 0 saturated carbocycles. The molecular formula is C17H26N2O. The largest absolute Gasteiger partial charge is 0.342 e. The maximum Gasteiger partial charge on any atom is 0.226 e. The highest BCUT2D eigenvalue weighted by atomic mass is 16.2. The molecule has 3 nitrogen and oxygen atoms in total. The van der Waals surface area contributed by atoms with Gasteiger partial charge in [0.05, 0.1) is 6.42 Å². The molecule has 2 rings (SSSR count). The molecule has 110 valence electrons. The van der Waals surface area contributed by atoms with Gasteiger partial charge in [-0.15, -0.1) is 0 Å². The van der Waals surface area contributed by atoms with Crippen molar-refractivity contribution >= 4 is 5.91 Å². The van der Waals surface area contributed by atoms with Gasteiger partial charge < -0.3 is 10.6 Å². The van der Waals surface area contributed by atoms with Crippen LogP contribution in [0.1, 0.15) is 36.5 Å². The minimum absolute atomic E-state index is 0.243. The van der Waals surface area contributed by atoms with Crippen molar-refractivity contribution in [2.45, 2.75) is 46.1 Å². The Bertz CT molecular complexity index is 474. The smallest absolute Gasteiger partial charge is 0.226 e. The van der Waals surface area contributed by atoms with E-state index in [1.165, 1.54) is 11.1 Å². The first-order valence-electron chi connectivity index (χ1n) is 7.57. The Morgan fingerprint density at radius 2 is 1.95 bits per heavy atom. The third kappa shape index (κ3) is 3.60. The van der Waals surface area contributed by atoms with E-state index >= 15 is 0 Å². The van der Waals surface area contributed by atoms with Crippen molar-refractivity contribution in [3.05, 3.63) is 34.9 Å². The van der Waals surface area contributed by atoms with E-state index in [0.29, 0.717) is 12.3 Å². The van der Waals surface area contributed by atoms with E-state index in [1.54, 1.807) is 0 Å². The predicted octanol–water partition coefficient (Wildman–Crippen LogP) is 2.43. The predicted molar refractivity (Wildman–Crippen MR) is 82.6 cm³/mol. The third-order valence-electron chi connectivity index (χ3n) is 4.56. The van der Waals surface area contributed by atoms with E-state index in [2.05, 4.69) is 39.0 Å². The molecule has 1 saturated heterocycles. The van der Waals surface area contributed by atoms with Crippen LogP contribution in [0.3, 0.4) is 0 Å². The number of benzene rings is 1. The zero-order chi connectivity index (χ0) is 14.7. The second-order valence-corrected chi connectivity index (χ2v) is 6.17. The molecule has 1 aliphatic rings. The Morgan fingerprint density at radius 3 is 2.50 bits per heavy atom. The van der Waals surface area contributed by atoms with Gasteiger partial charge in [-0.2, -0.15) is 0 Å². The summed E-state index contributed by atoms with van der Waals surface area (Å²) < 4.78 is 0. The van der Waals surface area contributed by atoms with E-state index in [0.717, 1.165) is 31.5 Å². The molecule has 0 aliphatic carbocycles. The van der Waals surface area contributed by atoms with Gasteiger partial charge in [0, 0.05) is 19.1 Å². The summed E-state index contributed by atoms with van der Waals surface area (Å²) in [5, 5.41) is 0. The lowest BCUT2D eigenvalue weighted by Gasteiger charge is -2.33. The van der Waals surface area contributed by atoms with Crippen molar-refractivity contribution in [3.8, 4) is 0 Å². The van der Waals surface area contributed by atoms with Crippen molar-refractivity contribution < 1.29 is 4.79 Å². The molecular weight excluding hydrogens is 248 g/mol. The molecule has 0 spiro atoms. The SMILES string of the molecule is Cc1ccc(CC(=O)N2CCC(C(C)N)CC2)cc1C. The van der Waals surface area contributed by atoms with Crippen molar-refractivity contribution in [2.75, 3.05) is 13.1 Å². The second-order valence-electron chi connectivity index (χ2n) is 6.17. The van der Waals surface area contributed by atoms with Crippen LogP contribution in [0, 0.1) is 19.8 Å². The number of hydrogen-bond donors (Lipinski definition) is 1. The zero-order valence-electron chi connectivity index (χ0n) is 12.9. The number of nitrogens with zero attached hydrogens (tertiary/aromatic N) is 1. The number of hydrogen-bond acceptors (Lipinski definition) is 2. The van der Waals surface area contributed by atoms with Crippen LogP contribution < -0.4 is 5.73 Å². The first-order valence-corrected chi connectivity index (χ1v) is 7.57. The Kier molecular flexibility index (Phi) is 4.81. The lowest BCUT2D eigenvalue weighted by atomic mass is 9.90. The summed E-state index contributed by atoms with van der Waals surface area (Å²) >= 11 is 0. The van der Waals surface area contributed by atoms with Crippen LogP contribution in [-0.2, 0) is 11.2 Å². The van der Waals surface area contributed by atoms with E-state index in [1.807, 2.05) is 4.90 Å². The maximum atomic E-state index is 12.3. The van der Waals surface area contributed by atoms with Gasteiger partial charge in [-0.05, 0) is 56.2 Å². The van der Waals surface area contributed by atoms with Crippen LogP contribution in [0.15, 0.2) is 18.2 Å². The van der Waals surface area contributed by atoms with Crippen molar-refractivity contribution in [1.29, 1.82) is 0 Å². The van der Waals surface area contributed by atoms with Crippen LogP contribution in [0.25, 0.3) is 0 Å². The molecule has 0 aromatic heterocycles. The minimum atomic E-state index is 0.243. The molecule has 2 N–H and O–H groups in total. The number of carbonyl (C=O) groups is 1. The molecule has 1 fully saturated rings. The van der Waals surface area contributed by atoms with Crippen molar-refractivity contribution in [1.82, 2.24) is 4.90 Å². The first kappa shape index (κ1) is 15.0. The second kappa shape index (κ2) is 6.40. The average molecular weight is 274 g/mol.